The molecule has 0 radical (unpaired) electrons. The Morgan fingerprint density at radius 2 is 2.05 bits per heavy atom. The Hall–Kier alpha value is -2.34. The van der Waals surface area contributed by atoms with Gasteiger partial charge in [0.15, 0.2) is 0 Å². The van der Waals surface area contributed by atoms with Crippen LogP contribution in [-0.2, 0) is 24.8 Å². The molecule has 1 N–H and O–H groups in total. The number of hydrogen-bond donors (Lipinski definition) is 1. The lowest BCUT2D eigenvalue weighted by Gasteiger charge is -2.08. The van der Waals surface area contributed by atoms with E-state index in [1.54, 1.807) is 14.2 Å². The van der Waals surface area contributed by atoms with Gasteiger partial charge in [0, 0.05) is 14.2 Å². The van der Waals surface area contributed by atoms with E-state index in [0.29, 0.717) is 18.1 Å². The molecule has 6 nitrogen and oxygen atoms in total. The first-order valence-corrected chi connectivity index (χ1v) is 6.56. The van der Waals surface area contributed by atoms with Crippen LogP contribution in [0.15, 0.2) is 30.5 Å². The molecule has 0 aliphatic rings. The molecule has 0 spiro atoms. The average Bonchev–Trinajstić information content (AvgIpc) is 2.85. The molecule has 0 aliphatic heterocycles. The molecule has 0 unspecified atom stereocenters. The molecule has 0 amide bonds. The van der Waals surface area contributed by atoms with Crippen LogP contribution in [0, 0.1) is 0 Å². The Labute approximate surface area is 122 Å². The van der Waals surface area contributed by atoms with Gasteiger partial charge in [0.1, 0.15) is 17.9 Å². The zero-order chi connectivity index (χ0) is 15.2. The van der Waals surface area contributed by atoms with Gasteiger partial charge in [0.25, 0.3) is 0 Å². The minimum absolute atomic E-state index is 0.161. The van der Waals surface area contributed by atoms with Crippen molar-refractivity contribution in [1.29, 1.82) is 0 Å². The summed E-state index contributed by atoms with van der Waals surface area (Å²) in [6.45, 7) is 0.840. The SMILES string of the molecule is COCCc1ccc(OCc2c(C(=O)O)cnn2C)cc1. The van der Waals surface area contributed by atoms with Crippen molar-refractivity contribution < 1.29 is 19.4 Å². The Kier molecular flexibility index (Phi) is 4.94. The molecule has 1 aromatic carbocycles. The highest BCUT2D eigenvalue weighted by Crippen LogP contribution is 2.16. The van der Waals surface area contributed by atoms with Crippen LogP contribution >= 0.6 is 0 Å². The zero-order valence-corrected chi connectivity index (χ0v) is 12.1. The van der Waals surface area contributed by atoms with Crippen molar-refractivity contribution in [3.63, 3.8) is 0 Å². The summed E-state index contributed by atoms with van der Waals surface area (Å²) in [5, 5.41) is 13.0. The highest BCUT2D eigenvalue weighted by Gasteiger charge is 2.15. The second-order valence-corrected chi connectivity index (χ2v) is 4.61. The van der Waals surface area contributed by atoms with Crippen LogP contribution in [-0.4, -0.2) is 34.6 Å². The van der Waals surface area contributed by atoms with Crippen molar-refractivity contribution in [2.45, 2.75) is 13.0 Å². The first-order chi connectivity index (χ1) is 10.1. The number of hydrogen-bond acceptors (Lipinski definition) is 4. The van der Waals surface area contributed by atoms with Gasteiger partial charge in [-0.3, -0.25) is 4.68 Å². The second-order valence-electron chi connectivity index (χ2n) is 4.61. The van der Waals surface area contributed by atoms with Crippen molar-refractivity contribution in [2.75, 3.05) is 13.7 Å². The van der Waals surface area contributed by atoms with Crippen LogP contribution in [0.25, 0.3) is 0 Å². The van der Waals surface area contributed by atoms with Gasteiger partial charge in [-0.05, 0) is 24.1 Å². The molecule has 112 valence electrons. The summed E-state index contributed by atoms with van der Waals surface area (Å²) in [4.78, 5) is 11.1. The number of methoxy groups -OCH3 is 1. The largest absolute Gasteiger partial charge is 0.487 e. The molecule has 1 heterocycles. The highest BCUT2D eigenvalue weighted by molar-refractivity contribution is 5.88. The van der Waals surface area contributed by atoms with Crippen molar-refractivity contribution in [3.8, 4) is 5.75 Å². The van der Waals surface area contributed by atoms with Crippen LogP contribution < -0.4 is 4.74 Å². The van der Waals surface area contributed by atoms with E-state index in [4.69, 9.17) is 14.6 Å². The molecule has 0 atom stereocenters. The molecule has 0 aliphatic carbocycles. The summed E-state index contributed by atoms with van der Waals surface area (Å²) < 4.78 is 12.2. The first-order valence-electron chi connectivity index (χ1n) is 6.56. The topological polar surface area (TPSA) is 73.6 Å². The Morgan fingerprint density at radius 3 is 2.67 bits per heavy atom. The van der Waals surface area contributed by atoms with E-state index in [2.05, 4.69) is 5.10 Å². The standard InChI is InChI=1S/C15H18N2O4/c1-17-14(13(9-16-17)15(18)19)10-21-12-5-3-11(4-6-12)7-8-20-2/h3-6,9H,7-8,10H2,1-2H3,(H,18,19). The number of rotatable bonds is 7. The normalized spacial score (nSPS) is 10.6. The number of aryl methyl sites for hydroxylation is 1. The summed E-state index contributed by atoms with van der Waals surface area (Å²) in [5.41, 5.74) is 1.86. The van der Waals surface area contributed by atoms with Gasteiger partial charge < -0.3 is 14.6 Å². The predicted molar refractivity (Wildman–Crippen MR) is 76.5 cm³/mol. The number of aromatic carboxylic acids is 1. The Morgan fingerprint density at radius 1 is 1.33 bits per heavy atom. The molecule has 2 aromatic rings. The van der Waals surface area contributed by atoms with Gasteiger partial charge in [0.2, 0.25) is 0 Å². The van der Waals surface area contributed by atoms with Crippen molar-refractivity contribution >= 4 is 5.97 Å². The van der Waals surface area contributed by atoms with Gasteiger partial charge >= 0.3 is 5.97 Å². The first kappa shape index (κ1) is 15.1. The van der Waals surface area contributed by atoms with E-state index in [1.165, 1.54) is 10.9 Å². The van der Waals surface area contributed by atoms with E-state index in [9.17, 15) is 4.79 Å². The molecule has 0 bridgehead atoms. The molecule has 6 heteroatoms. The maximum Gasteiger partial charge on any atom is 0.339 e. The molecular formula is C15H18N2O4. The Bertz CT molecular complexity index is 605. The predicted octanol–water partition coefficient (Wildman–Crippen LogP) is 1.89. The van der Waals surface area contributed by atoms with Crippen LogP contribution in [0.4, 0.5) is 0 Å². The quantitative estimate of drug-likeness (QED) is 0.843. The average molecular weight is 290 g/mol. The zero-order valence-electron chi connectivity index (χ0n) is 12.1. The maximum atomic E-state index is 11.1. The van der Waals surface area contributed by atoms with Gasteiger partial charge in [-0.2, -0.15) is 5.10 Å². The monoisotopic (exact) mass is 290 g/mol. The molecular weight excluding hydrogens is 272 g/mol. The second kappa shape index (κ2) is 6.90. The third-order valence-electron chi connectivity index (χ3n) is 3.19. The van der Waals surface area contributed by atoms with Crippen LogP contribution in [0.2, 0.25) is 0 Å². The molecule has 2 rings (SSSR count). The minimum Gasteiger partial charge on any atom is -0.487 e. The smallest absolute Gasteiger partial charge is 0.339 e. The number of ether oxygens (including phenoxy) is 2. The van der Waals surface area contributed by atoms with E-state index >= 15 is 0 Å². The van der Waals surface area contributed by atoms with Gasteiger partial charge in [-0.25, -0.2) is 4.79 Å². The summed E-state index contributed by atoms with van der Waals surface area (Å²) in [6.07, 6.45) is 2.18. The molecule has 0 saturated carbocycles. The summed E-state index contributed by atoms with van der Waals surface area (Å²) >= 11 is 0. The molecule has 0 fully saturated rings. The van der Waals surface area contributed by atoms with Crippen LogP contribution in [0.1, 0.15) is 21.6 Å². The van der Waals surface area contributed by atoms with Gasteiger partial charge in [0.05, 0.1) is 18.5 Å². The number of carboxylic acids is 1. The van der Waals surface area contributed by atoms with Crippen molar-refractivity contribution in [2.24, 2.45) is 7.05 Å². The lowest BCUT2D eigenvalue weighted by atomic mass is 10.1. The van der Waals surface area contributed by atoms with Crippen LogP contribution in [0.5, 0.6) is 5.75 Å². The summed E-state index contributed by atoms with van der Waals surface area (Å²) in [6, 6.07) is 7.66. The fourth-order valence-electron chi connectivity index (χ4n) is 1.94. The lowest BCUT2D eigenvalue weighted by Crippen LogP contribution is -2.08. The molecule has 21 heavy (non-hydrogen) atoms. The summed E-state index contributed by atoms with van der Waals surface area (Å²) in [5.74, 6) is -0.315. The molecule has 1 aromatic heterocycles. The minimum atomic E-state index is -1.00. The number of aromatic nitrogens is 2. The fourth-order valence-corrected chi connectivity index (χ4v) is 1.94. The Balaban J connectivity index is 2.00. The van der Waals surface area contributed by atoms with E-state index in [0.717, 1.165) is 12.0 Å². The summed E-state index contributed by atoms with van der Waals surface area (Å²) in [7, 11) is 3.37. The van der Waals surface area contributed by atoms with Crippen molar-refractivity contribution in [1.82, 2.24) is 9.78 Å². The fraction of sp³-hybridized carbons (Fsp3) is 0.333. The van der Waals surface area contributed by atoms with Crippen molar-refractivity contribution in [3.05, 3.63) is 47.3 Å². The molecule has 0 saturated heterocycles. The number of benzene rings is 1. The van der Waals surface area contributed by atoms with Gasteiger partial charge in [-0.1, -0.05) is 12.1 Å². The number of carbonyl (C=O) groups is 1. The number of carboxylic acid groups (broad SMARTS) is 1. The van der Waals surface area contributed by atoms with E-state index < -0.39 is 5.97 Å². The van der Waals surface area contributed by atoms with E-state index in [-0.39, 0.29) is 12.2 Å². The third kappa shape index (κ3) is 3.82. The maximum absolute atomic E-state index is 11.1. The third-order valence-corrected chi connectivity index (χ3v) is 3.19. The lowest BCUT2D eigenvalue weighted by molar-refractivity contribution is 0.0693. The van der Waals surface area contributed by atoms with Gasteiger partial charge in [-0.15, -0.1) is 0 Å². The number of nitrogens with zero attached hydrogens (tertiary/aromatic N) is 2. The van der Waals surface area contributed by atoms with E-state index in [1.807, 2.05) is 24.3 Å². The highest BCUT2D eigenvalue weighted by atomic mass is 16.5. The van der Waals surface area contributed by atoms with Crippen LogP contribution in [0.3, 0.4) is 0 Å².